The average molecular weight is 257 g/mol. The molecule has 19 heavy (non-hydrogen) atoms. The lowest BCUT2D eigenvalue weighted by Crippen LogP contribution is -2.48. The zero-order valence-electron chi connectivity index (χ0n) is 11.7. The molecule has 1 aromatic carbocycles. The van der Waals surface area contributed by atoms with Crippen LogP contribution in [-0.4, -0.2) is 26.1 Å². The first kappa shape index (κ1) is 13.7. The lowest BCUT2D eigenvalue weighted by atomic mass is 9.64. The van der Waals surface area contributed by atoms with Crippen molar-refractivity contribution in [1.82, 2.24) is 10.6 Å². The van der Waals surface area contributed by atoms with Gasteiger partial charge in [-0.3, -0.25) is 4.99 Å². The van der Waals surface area contributed by atoms with Crippen molar-refractivity contribution in [2.24, 2.45) is 4.99 Å². The van der Waals surface area contributed by atoms with Crippen molar-refractivity contribution >= 4 is 5.96 Å². The third-order valence-corrected chi connectivity index (χ3v) is 3.93. The van der Waals surface area contributed by atoms with Crippen LogP contribution in [0.2, 0.25) is 0 Å². The quantitative estimate of drug-likeness (QED) is 0.483. The maximum absolute atomic E-state index is 4.23. The number of nitrogens with one attached hydrogen (secondary N) is 2. The highest BCUT2D eigenvalue weighted by molar-refractivity contribution is 5.79. The van der Waals surface area contributed by atoms with E-state index in [1.54, 1.807) is 7.05 Å². The summed E-state index contributed by atoms with van der Waals surface area (Å²) in [6.07, 6.45) is 5.66. The molecule has 1 aliphatic rings. The molecule has 0 bridgehead atoms. The van der Waals surface area contributed by atoms with Crippen LogP contribution in [0.3, 0.4) is 0 Å². The molecule has 0 aromatic heterocycles. The second kappa shape index (κ2) is 6.41. The van der Waals surface area contributed by atoms with Crippen LogP contribution < -0.4 is 10.6 Å². The Morgan fingerprint density at radius 3 is 2.58 bits per heavy atom. The number of aliphatic imine (C=N–C) groups is 1. The minimum Gasteiger partial charge on any atom is -0.356 e. The van der Waals surface area contributed by atoms with E-state index >= 15 is 0 Å². The topological polar surface area (TPSA) is 36.4 Å². The molecule has 1 saturated carbocycles. The Morgan fingerprint density at radius 1 is 1.32 bits per heavy atom. The number of hydrogen-bond acceptors (Lipinski definition) is 1. The minimum absolute atomic E-state index is 0.285. The molecule has 0 heterocycles. The van der Waals surface area contributed by atoms with Crippen molar-refractivity contribution in [1.29, 1.82) is 0 Å². The molecule has 1 aromatic rings. The van der Waals surface area contributed by atoms with Crippen LogP contribution >= 0.6 is 0 Å². The zero-order chi connectivity index (χ0) is 13.6. The summed E-state index contributed by atoms with van der Waals surface area (Å²) in [5.41, 5.74) is 1.72. The van der Waals surface area contributed by atoms with Crippen LogP contribution in [0.15, 0.2) is 48.0 Å². The summed E-state index contributed by atoms with van der Waals surface area (Å²) >= 11 is 0. The summed E-state index contributed by atoms with van der Waals surface area (Å²) in [6.45, 7) is 5.38. The fourth-order valence-corrected chi connectivity index (χ4v) is 2.61. The van der Waals surface area contributed by atoms with E-state index in [9.17, 15) is 0 Å². The van der Waals surface area contributed by atoms with E-state index in [2.05, 4.69) is 52.5 Å². The van der Waals surface area contributed by atoms with E-state index in [4.69, 9.17) is 0 Å². The molecule has 3 nitrogen and oxygen atoms in total. The van der Waals surface area contributed by atoms with Gasteiger partial charge in [-0.15, -0.1) is 6.58 Å². The lowest BCUT2D eigenvalue weighted by molar-refractivity contribution is 0.244. The molecule has 1 aliphatic carbocycles. The van der Waals surface area contributed by atoms with Crippen LogP contribution in [0.1, 0.15) is 24.8 Å². The van der Waals surface area contributed by atoms with Crippen molar-refractivity contribution < 1.29 is 0 Å². The monoisotopic (exact) mass is 257 g/mol. The van der Waals surface area contributed by atoms with Crippen LogP contribution in [-0.2, 0) is 5.41 Å². The Kier molecular flexibility index (Phi) is 4.61. The summed E-state index contributed by atoms with van der Waals surface area (Å²) in [5, 5.41) is 6.65. The molecule has 0 spiro atoms. The van der Waals surface area contributed by atoms with Gasteiger partial charge >= 0.3 is 0 Å². The van der Waals surface area contributed by atoms with E-state index in [0.29, 0.717) is 0 Å². The van der Waals surface area contributed by atoms with Gasteiger partial charge in [0.1, 0.15) is 0 Å². The van der Waals surface area contributed by atoms with Gasteiger partial charge in [-0.1, -0.05) is 42.8 Å². The molecular formula is C16H23N3. The third kappa shape index (κ3) is 3.16. The molecule has 2 rings (SSSR count). The smallest absolute Gasteiger partial charge is 0.191 e. The van der Waals surface area contributed by atoms with Gasteiger partial charge < -0.3 is 10.6 Å². The summed E-state index contributed by atoms with van der Waals surface area (Å²) in [6, 6.07) is 10.8. The Hall–Kier alpha value is -1.77. The van der Waals surface area contributed by atoms with Crippen LogP contribution in [0.4, 0.5) is 0 Å². The first-order chi connectivity index (χ1) is 9.30. The average Bonchev–Trinajstić information content (AvgIpc) is 2.42. The maximum atomic E-state index is 4.23. The SMILES string of the molecule is C=CCNC(=NC)NCC1(c2ccccc2)CCC1. The zero-order valence-corrected chi connectivity index (χ0v) is 11.7. The molecule has 3 heteroatoms. The fraction of sp³-hybridized carbons (Fsp3) is 0.438. The molecule has 1 fully saturated rings. The molecule has 0 saturated heterocycles. The van der Waals surface area contributed by atoms with E-state index in [1.165, 1.54) is 24.8 Å². The fourth-order valence-electron chi connectivity index (χ4n) is 2.61. The lowest BCUT2D eigenvalue weighted by Gasteiger charge is -2.43. The van der Waals surface area contributed by atoms with Gasteiger partial charge in [0, 0.05) is 25.6 Å². The third-order valence-electron chi connectivity index (χ3n) is 3.93. The summed E-state index contributed by atoms with van der Waals surface area (Å²) < 4.78 is 0. The highest BCUT2D eigenvalue weighted by Crippen LogP contribution is 2.43. The number of rotatable bonds is 5. The second-order valence-corrected chi connectivity index (χ2v) is 5.10. The van der Waals surface area contributed by atoms with Crippen molar-refractivity contribution in [2.75, 3.05) is 20.1 Å². The van der Waals surface area contributed by atoms with Crippen LogP contribution in [0.5, 0.6) is 0 Å². The normalized spacial score (nSPS) is 17.4. The minimum atomic E-state index is 0.285. The summed E-state index contributed by atoms with van der Waals surface area (Å²) in [5.74, 6) is 0.849. The van der Waals surface area contributed by atoms with Gasteiger partial charge in [0.05, 0.1) is 0 Å². The van der Waals surface area contributed by atoms with Gasteiger partial charge in [-0.2, -0.15) is 0 Å². The highest BCUT2D eigenvalue weighted by Gasteiger charge is 2.38. The highest BCUT2D eigenvalue weighted by atomic mass is 15.2. The molecule has 102 valence electrons. The van der Waals surface area contributed by atoms with Gasteiger partial charge in [0.15, 0.2) is 5.96 Å². The molecule has 0 atom stereocenters. The maximum Gasteiger partial charge on any atom is 0.191 e. The van der Waals surface area contributed by atoms with Gasteiger partial charge in [0.2, 0.25) is 0 Å². The number of benzene rings is 1. The van der Waals surface area contributed by atoms with E-state index in [-0.39, 0.29) is 5.41 Å². The number of hydrogen-bond donors (Lipinski definition) is 2. The van der Waals surface area contributed by atoms with Gasteiger partial charge in [-0.25, -0.2) is 0 Å². The number of nitrogens with zero attached hydrogens (tertiary/aromatic N) is 1. The van der Waals surface area contributed by atoms with Crippen LogP contribution in [0.25, 0.3) is 0 Å². The summed E-state index contributed by atoms with van der Waals surface area (Å²) in [4.78, 5) is 4.23. The number of guanidine groups is 1. The molecule has 2 N–H and O–H groups in total. The molecule has 0 unspecified atom stereocenters. The Labute approximate surface area is 115 Å². The molecular weight excluding hydrogens is 234 g/mol. The molecule has 0 amide bonds. The Balaban J connectivity index is 1.98. The van der Waals surface area contributed by atoms with Crippen LogP contribution in [0, 0.1) is 0 Å². The molecule has 0 radical (unpaired) electrons. The Morgan fingerprint density at radius 2 is 2.05 bits per heavy atom. The summed E-state index contributed by atoms with van der Waals surface area (Å²) in [7, 11) is 1.80. The second-order valence-electron chi connectivity index (χ2n) is 5.10. The molecule has 0 aliphatic heterocycles. The largest absolute Gasteiger partial charge is 0.356 e. The predicted molar refractivity (Wildman–Crippen MR) is 81.5 cm³/mol. The predicted octanol–water partition coefficient (Wildman–Crippen LogP) is 2.46. The van der Waals surface area contributed by atoms with Crippen molar-refractivity contribution in [3.05, 3.63) is 48.6 Å². The van der Waals surface area contributed by atoms with Crippen molar-refractivity contribution in [3.63, 3.8) is 0 Å². The van der Waals surface area contributed by atoms with Crippen molar-refractivity contribution in [3.8, 4) is 0 Å². The first-order valence-electron chi connectivity index (χ1n) is 6.92. The standard InChI is InChI=1S/C16H23N3/c1-3-12-18-15(17-2)19-13-16(10-7-11-16)14-8-5-4-6-9-14/h3-6,8-9H,1,7,10-13H2,2H3,(H2,17,18,19). The Bertz CT molecular complexity index is 433. The van der Waals surface area contributed by atoms with E-state index in [0.717, 1.165) is 19.0 Å². The van der Waals surface area contributed by atoms with E-state index < -0.39 is 0 Å². The van der Waals surface area contributed by atoms with E-state index in [1.807, 2.05) is 6.08 Å². The van der Waals surface area contributed by atoms with Gasteiger partial charge in [0.25, 0.3) is 0 Å². The first-order valence-corrected chi connectivity index (χ1v) is 6.92. The van der Waals surface area contributed by atoms with Gasteiger partial charge in [-0.05, 0) is 18.4 Å². The van der Waals surface area contributed by atoms with Crippen molar-refractivity contribution in [2.45, 2.75) is 24.7 Å².